The van der Waals surface area contributed by atoms with Crippen LogP contribution in [0.5, 0.6) is 5.75 Å². The summed E-state index contributed by atoms with van der Waals surface area (Å²) in [4.78, 5) is 41.3. The summed E-state index contributed by atoms with van der Waals surface area (Å²) >= 11 is 0. The number of carboxylic acid groups (broad SMARTS) is 1. The lowest BCUT2D eigenvalue weighted by atomic mass is 9.86. The number of hydrogen-bond acceptors (Lipinski definition) is 6. The van der Waals surface area contributed by atoms with Crippen LogP contribution >= 0.6 is 0 Å². The molecule has 0 bridgehead atoms. The van der Waals surface area contributed by atoms with E-state index in [9.17, 15) is 37.8 Å². The molecule has 0 spiro atoms. The van der Waals surface area contributed by atoms with Gasteiger partial charge in [0.1, 0.15) is 23.0 Å². The van der Waals surface area contributed by atoms with E-state index >= 15 is 0 Å². The molecular weight excluding hydrogens is 459 g/mol. The zero-order valence-electron chi connectivity index (χ0n) is 18.7. The predicted octanol–water partition coefficient (Wildman–Crippen LogP) is 2.32. The summed E-state index contributed by atoms with van der Waals surface area (Å²) in [7, 11) is 0. The van der Waals surface area contributed by atoms with Gasteiger partial charge in [-0.3, -0.25) is 14.6 Å². The van der Waals surface area contributed by atoms with Gasteiger partial charge in [-0.15, -0.1) is 0 Å². The van der Waals surface area contributed by atoms with E-state index in [2.05, 4.69) is 10.3 Å². The Kier molecular flexibility index (Phi) is 6.74. The molecule has 1 unspecified atom stereocenters. The summed E-state index contributed by atoms with van der Waals surface area (Å²) in [6, 6.07) is 0.587. The number of carbonyl (C=O) groups excluding carboxylic acids is 1. The van der Waals surface area contributed by atoms with Crippen molar-refractivity contribution in [3.8, 4) is 5.75 Å². The third-order valence-electron chi connectivity index (χ3n) is 5.46. The van der Waals surface area contributed by atoms with Crippen molar-refractivity contribution in [2.75, 3.05) is 6.61 Å². The molecule has 0 saturated heterocycles. The Morgan fingerprint density at radius 3 is 2.47 bits per heavy atom. The fourth-order valence-corrected chi connectivity index (χ4v) is 3.68. The zero-order valence-corrected chi connectivity index (χ0v) is 18.7. The summed E-state index contributed by atoms with van der Waals surface area (Å²) in [5.74, 6) is -3.02. The van der Waals surface area contributed by atoms with Crippen molar-refractivity contribution < 1.29 is 37.7 Å². The Labute approximate surface area is 192 Å². The number of carboxylic acids is 1. The lowest BCUT2D eigenvalue weighted by Gasteiger charge is -2.28. The van der Waals surface area contributed by atoms with Crippen LogP contribution in [0.2, 0.25) is 0 Å². The molecule has 2 aromatic rings. The molecule has 9 nitrogen and oxygen atoms in total. The quantitative estimate of drug-likeness (QED) is 0.595. The molecule has 0 fully saturated rings. The number of nitrogens with zero attached hydrogens (tertiary/aromatic N) is 2. The standard InChI is InChI=1S/C22H24F3N3O6/c1-21(2,3)17(20(32)33)27-18(30)15-16(29)12-10-34-7-6-13(12)28(19(15)31)9-11-4-5-14(26-8-11)22(23,24)25/h4-5,8,17,29H,6-7,9-10H2,1-3H3,(H,27,30)(H,32,33). The second kappa shape index (κ2) is 9.09. The van der Waals surface area contributed by atoms with E-state index in [0.29, 0.717) is 5.69 Å². The number of halogens is 3. The number of pyridine rings is 2. The first kappa shape index (κ1) is 25.2. The van der Waals surface area contributed by atoms with Crippen LogP contribution in [-0.4, -0.2) is 44.3 Å². The van der Waals surface area contributed by atoms with Crippen molar-refractivity contribution in [3.05, 3.63) is 56.8 Å². The number of amides is 1. The van der Waals surface area contributed by atoms with Crippen molar-refractivity contribution in [2.45, 2.75) is 52.6 Å². The number of aromatic nitrogens is 2. The van der Waals surface area contributed by atoms with Crippen molar-refractivity contribution in [2.24, 2.45) is 5.41 Å². The van der Waals surface area contributed by atoms with Gasteiger partial charge in [0.2, 0.25) is 0 Å². The minimum Gasteiger partial charge on any atom is -0.506 e. The summed E-state index contributed by atoms with van der Waals surface area (Å²) < 4.78 is 45.0. The average Bonchev–Trinajstić information content (AvgIpc) is 2.74. The number of aliphatic carboxylic acids is 1. The lowest BCUT2D eigenvalue weighted by molar-refractivity contribution is -0.142. The lowest BCUT2D eigenvalue weighted by Crippen LogP contribution is -2.50. The summed E-state index contributed by atoms with van der Waals surface area (Å²) in [5.41, 5.74) is -2.76. The largest absolute Gasteiger partial charge is 0.506 e. The smallest absolute Gasteiger partial charge is 0.433 e. The van der Waals surface area contributed by atoms with Gasteiger partial charge in [-0.25, -0.2) is 4.79 Å². The van der Waals surface area contributed by atoms with Gasteiger partial charge in [-0.05, 0) is 17.0 Å². The highest BCUT2D eigenvalue weighted by Crippen LogP contribution is 2.30. The molecule has 0 aromatic carbocycles. The highest BCUT2D eigenvalue weighted by atomic mass is 19.4. The van der Waals surface area contributed by atoms with Crippen LogP contribution < -0.4 is 10.9 Å². The Bertz CT molecular complexity index is 1170. The average molecular weight is 483 g/mol. The van der Waals surface area contributed by atoms with Crippen LogP contribution in [0.25, 0.3) is 0 Å². The summed E-state index contributed by atoms with van der Waals surface area (Å²) in [6.45, 7) is 4.67. The predicted molar refractivity (Wildman–Crippen MR) is 112 cm³/mol. The van der Waals surface area contributed by atoms with E-state index in [-0.39, 0.29) is 37.3 Å². The zero-order chi connectivity index (χ0) is 25.4. The first-order valence-corrected chi connectivity index (χ1v) is 10.3. The minimum atomic E-state index is -4.62. The van der Waals surface area contributed by atoms with Crippen molar-refractivity contribution >= 4 is 11.9 Å². The van der Waals surface area contributed by atoms with Gasteiger partial charge < -0.3 is 24.8 Å². The maximum Gasteiger partial charge on any atom is 0.433 e. The number of rotatable bonds is 5. The number of ether oxygens (including phenoxy) is 1. The summed E-state index contributed by atoms with van der Waals surface area (Å²) in [5, 5.41) is 22.5. The molecule has 0 radical (unpaired) electrons. The number of aromatic hydroxyl groups is 1. The molecule has 0 aliphatic carbocycles. The molecule has 3 N–H and O–H groups in total. The Morgan fingerprint density at radius 2 is 1.94 bits per heavy atom. The fourth-order valence-electron chi connectivity index (χ4n) is 3.68. The Hall–Kier alpha value is -3.41. The monoisotopic (exact) mass is 483 g/mol. The second-order valence-electron chi connectivity index (χ2n) is 9.00. The van der Waals surface area contributed by atoms with Gasteiger partial charge in [-0.2, -0.15) is 13.2 Å². The van der Waals surface area contributed by atoms with Crippen LogP contribution in [-0.2, 0) is 35.3 Å². The number of alkyl halides is 3. The number of nitrogens with one attached hydrogen (secondary N) is 1. The number of fused-ring (bicyclic) bond motifs is 1. The van der Waals surface area contributed by atoms with E-state index in [0.717, 1.165) is 12.3 Å². The molecule has 3 heterocycles. The molecule has 12 heteroatoms. The minimum absolute atomic E-state index is 0.103. The highest BCUT2D eigenvalue weighted by Gasteiger charge is 2.36. The third kappa shape index (κ3) is 5.06. The molecule has 0 saturated carbocycles. The van der Waals surface area contributed by atoms with Crippen LogP contribution in [0.1, 0.15) is 53.6 Å². The summed E-state index contributed by atoms with van der Waals surface area (Å²) in [6.07, 6.45) is -3.43. The maximum atomic E-state index is 13.3. The third-order valence-corrected chi connectivity index (χ3v) is 5.46. The van der Waals surface area contributed by atoms with Crippen LogP contribution in [0, 0.1) is 5.41 Å². The van der Waals surface area contributed by atoms with E-state index in [1.54, 1.807) is 20.8 Å². The first-order chi connectivity index (χ1) is 15.7. The molecule has 184 valence electrons. The molecule has 34 heavy (non-hydrogen) atoms. The fraction of sp³-hybridized carbons (Fsp3) is 0.455. The highest BCUT2D eigenvalue weighted by molar-refractivity contribution is 5.99. The maximum absolute atomic E-state index is 13.3. The Balaban J connectivity index is 2.07. The van der Waals surface area contributed by atoms with Crippen molar-refractivity contribution in [3.63, 3.8) is 0 Å². The number of hydrogen-bond donors (Lipinski definition) is 3. The van der Waals surface area contributed by atoms with Crippen LogP contribution in [0.15, 0.2) is 23.1 Å². The van der Waals surface area contributed by atoms with Gasteiger partial charge in [0.05, 0.1) is 19.8 Å². The second-order valence-corrected chi connectivity index (χ2v) is 9.00. The molecule has 1 aliphatic rings. The SMILES string of the molecule is CC(C)(C)C(NC(=O)c1c(O)c2c(n(Cc3ccc(C(F)(F)F)nc3)c1=O)CCOC2)C(=O)O. The van der Waals surface area contributed by atoms with Crippen molar-refractivity contribution in [1.29, 1.82) is 0 Å². The van der Waals surface area contributed by atoms with E-state index in [1.165, 1.54) is 10.6 Å². The van der Waals surface area contributed by atoms with E-state index in [4.69, 9.17) is 4.74 Å². The van der Waals surface area contributed by atoms with E-state index < -0.39 is 52.1 Å². The molecule has 1 amide bonds. The molecule has 3 rings (SSSR count). The first-order valence-electron chi connectivity index (χ1n) is 10.3. The molecule has 1 atom stereocenters. The normalized spacial score (nSPS) is 14.9. The van der Waals surface area contributed by atoms with Gasteiger partial charge in [-0.1, -0.05) is 26.8 Å². The van der Waals surface area contributed by atoms with Gasteiger partial charge >= 0.3 is 12.1 Å². The van der Waals surface area contributed by atoms with Gasteiger partial charge in [0.25, 0.3) is 11.5 Å². The molecule has 2 aromatic heterocycles. The van der Waals surface area contributed by atoms with E-state index in [1.807, 2.05) is 0 Å². The van der Waals surface area contributed by atoms with Crippen molar-refractivity contribution in [1.82, 2.24) is 14.9 Å². The molecular formula is C22H24F3N3O6. The topological polar surface area (TPSA) is 131 Å². The number of carbonyl (C=O) groups is 2. The van der Waals surface area contributed by atoms with Gasteiger partial charge in [0.15, 0.2) is 0 Å². The Morgan fingerprint density at radius 1 is 1.26 bits per heavy atom. The van der Waals surface area contributed by atoms with Crippen LogP contribution in [0.4, 0.5) is 13.2 Å². The van der Waals surface area contributed by atoms with Crippen LogP contribution in [0.3, 0.4) is 0 Å². The van der Waals surface area contributed by atoms with Gasteiger partial charge in [0, 0.05) is 23.9 Å². The molecule has 1 aliphatic heterocycles.